The van der Waals surface area contributed by atoms with Crippen LogP contribution in [0.3, 0.4) is 0 Å². The molecule has 1 heterocycles. The minimum Gasteiger partial charge on any atom is -0.398 e. The molecule has 0 fully saturated rings. The second kappa shape index (κ2) is 4.85. The molecule has 0 aliphatic rings. The van der Waals surface area contributed by atoms with Gasteiger partial charge in [0.2, 0.25) is 0 Å². The van der Waals surface area contributed by atoms with Gasteiger partial charge in [0.1, 0.15) is 0 Å². The van der Waals surface area contributed by atoms with Gasteiger partial charge in [-0.15, -0.1) is 11.3 Å². The molecule has 2 rings (SSSR count). The minimum atomic E-state index is 0.0277. The van der Waals surface area contributed by atoms with Crippen molar-refractivity contribution in [2.45, 2.75) is 0 Å². The summed E-state index contributed by atoms with van der Waals surface area (Å²) in [5.41, 5.74) is 7.69. The van der Waals surface area contributed by atoms with Gasteiger partial charge in [-0.05, 0) is 62.8 Å². The fourth-order valence-electron chi connectivity index (χ4n) is 1.26. The number of nitrogen functional groups attached to an aromatic ring is 1. The van der Waals surface area contributed by atoms with E-state index in [0.29, 0.717) is 11.3 Å². The van der Waals surface area contributed by atoms with Crippen LogP contribution in [0.4, 0.5) is 5.69 Å². The lowest BCUT2D eigenvalue weighted by Gasteiger charge is -2.01. The van der Waals surface area contributed by atoms with E-state index in [1.54, 1.807) is 29.5 Å². The van der Waals surface area contributed by atoms with Crippen molar-refractivity contribution in [2.24, 2.45) is 0 Å². The molecular weight excluding hydrogens is 401 g/mol. The maximum Gasteiger partial charge on any atom is 0.193 e. The molecule has 0 saturated heterocycles. The zero-order chi connectivity index (χ0) is 11.7. The number of nitrogens with two attached hydrogens (primary N) is 1. The Labute approximate surface area is 119 Å². The molecule has 2 N–H and O–H groups in total. The van der Waals surface area contributed by atoms with Crippen LogP contribution >= 0.6 is 49.9 Å². The average molecular weight is 408 g/mol. The highest BCUT2D eigenvalue weighted by Crippen LogP contribution is 2.24. The largest absolute Gasteiger partial charge is 0.398 e. The molecule has 0 amide bonds. The third-order valence-corrected chi connectivity index (χ3v) is 4.57. The molecule has 16 heavy (non-hydrogen) atoms. The smallest absolute Gasteiger partial charge is 0.193 e. The van der Waals surface area contributed by atoms with E-state index in [2.05, 4.69) is 38.5 Å². The molecule has 0 radical (unpaired) electrons. The molecule has 0 aliphatic carbocycles. The van der Waals surface area contributed by atoms with Crippen LogP contribution in [0.25, 0.3) is 0 Å². The molecule has 0 spiro atoms. The molecule has 0 unspecified atom stereocenters. The van der Waals surface area contributed by atoms with Crippen molar-refractivity contribution >= 4 is 61.3 Å². The van der Waals surface area contributed by atoms with E-state index in [9.17, 15) is 4.79 Å². The lowest BCUT2D eigenvalue weighted by molar-refractivity contribution is 0.103. The predicted octanol–water partition coefficient (Wildman–Crippen LogP) is 3.93. The third-order valence-electron chi connectivity index (χ3n) is 2.09. The maximum absolute atomic E-state index is 12.1. The summed E-state index contributed by atoms with van der Waals surface area (Å²) in [6, 6.07) is 7.11. The number of ketones is 1. The Hall–Kier alpha value is -0.400. The van der Waals surface area contributed by atoms with Crippen molar-refractivity contribution in [2.75, 3.05) is 5.73 Å². The van der Waals surface area contributed by atoms with Gasteiger partial charge >= 0.3 is 0 Å². The van der Waals surface area contributed by atoms with Gasteiger partial charge < -0.3 is 5.73 Å². The minimum absolute atomic E-state index is 0.0277. The zero-order valence-corrected chi connectivity index (χ0v) is 12.6. The Bertz CT molecular complexity index is 553. The summed E-state index contributed by atoms with van der Waals surface area (Å²) in [7, 11) is 0. The molecule has 82 valence electrons. The van der Waals surface area contributed by atoms with Crippen molar-refractivity contribution in [1.29, 1.82) is 0 Å². The Balaban J connectivity index is 2.38. The molecule has 1 aromatic heterocycles. The van der Waals surface area contributed by atoms with E-state index in [4.69, 9.17) is 5.73 Å². The summed E-state index contributed by atoms with van der Waals surface area (Å²) in [6.07, 6.45) is 0. The van der Waals surface area contributed by atoms with Gasteiger partial charge in [-0.1, -0.05) is 0 Å². The normalized spacial score (nSPS) is 10.4. The van der Waals surface area contributed by atoms with E-state index < -0.39 is 0 Å². The standard InChI is InChI=1S/C11H7BrINOS/c12-8-3-6(1-2-9(8)14)11(15)7-4-10(13)16-5-7/h1-5H,14H2. The lowest BCUT2D eigenvalue weighted by Crippen LogP contribution is -2.00. The first kappa shape index (κ1) is 12.1. The fraction of sp³-hybridized carbons (Fsp3) is 0. The Morgan fingerprint density at radius 2 is 2.06 bits per heavy atom. The van der Waals surface area contributed by atoms with Gasteiger partial charge in [-0.2, -0.15) is 0 Å². The van der Waals surface area contributed by atoms with E-state index >= 15 is 0 Å². The molecule has 5 heteroatoms. The highest BCUT2D eigenvalue weighted by molar-refractivity contribution is 14.1. The van der Waals surface area contributed by atoms with Crippen LogP contribution in [-0.4, -0.2) is 5.78 Å². The number of thiophene rings is 1. The van der Waals surface area contributed by atoms with E-state index in [0.717, 1.165) is 12.9 Å². The zero-order valence-electron chi connectivity index (χ0n) is 8.04. The van der Waals surface area contributed by atoms with Gasteiger partial charge in [0.25, 0.3) is 0 Å². The van der Waals surface area contributed by atoms with Gasteiger partial charge in [0.15, 0.2) is 5.78 Å². The van der Waals surface area contributed by atoms with Gasteiger partial charge in [0.05, 0.1) is 2.88 Å². The second-order valence-electron chi connectivity index (χ2n) is 3.20. The summed E-state index contributed by atoms with van der Waals surface area (Å²) in [5.74, 6) is 0.0277. The first-order valence-corrected chi connectivity index (χ1v) is 7.17. The van der Waals surface area contributed by atoms with Crippen LogP contribution in [-0.2, 0) is 0 Å². The molecule has 0 atom stereocenters. The topological polar surface area (TPSA) is 43.1 Å². The van der Waals surface area contributed by atoms with Crippen LogP contribution in [0.15, 0.2) is 34.1 Å². The molecule has 0 bridgehead atoms. The first-order chi connectivity index (χ1) is 7.58. The van der Waals surface area contributed by atoms with Crippen LogP contribution in [0.5, 0.6) is 0 Å². The van der Waals surface area contributed by atoms with Crippen LogP contribution in [0.1, 0.15) is 15.9 Å². The van der Waals surface area contributed by atoms with E-state index in [-0.39, 0.29) is 5.78 Å². The van der Waals surface area contributed by atoms with E-state index in [1.165, 1.54) is 0 Å². The summed E-state index contributed by atoms with van der Waals surface area (Å²) in [6.45, 7) is 0. The van der Waals surface area contributed by atoms with Gasteiger partial charge in [-0.3, -0.25) is 4.79 Å². The van der Waals surface area contributed by atoms with Gasteiger partial charge in [-0.25, -0.2) is 0 Å². The quantitative estimate of drug-likeness (QED) is 0.465. The third kappa shape index (κ3) is 2.46. The van der Waals surface area contributed by atoms with E-state index in [1.807, 2.05) is 11.4 Å². The Kier molecular flexibility index (Phi) is 3.66. The van der Waals surface area contributed by atoms with Crippen LogP contribution in [0.2, 0.25) is 0 Å². The maximum atomic E-state index is 12.1. The second-order valence-corrected chi connectivity index (χ2v) is 6.86. The van der Waals surface area contributed by atoms with Crippen molar-refractivity contribution in [3.8, 4) is 0 Å². The monoisotopic (exact) mass is 407 g/mol. The summed E-state index contributed by atoms with van der Waals surface area (Å²) < 4.78 is 1.86. The number of rotatable bonds is 2. The van der Waals surface area contributed by atoms with Crippen molar-refractivity contribution in [3.05, 3.63) is 48.1 Å². The SMILES string of the molecule is Nc1ccc(C(=O)c2csc(I)c2)cc1Br. The predicted molar refractivity (Wildman–Crippen MR) is 79.0 cm³/mol. The first-order valence-electron chi connectivity index (χ1n) is 4.41. The highest BCUT2D eigenvalue weighted by atomic mass is 127. The number of carbonyl (C=O) groups is 1. The number of hydrogen-bond acceptors (Lipinski definition) is 3. The Morgan fingerprint density at radius 3 is 2.62 bits per heavy atom. The molecule has 1 aromatic carbocycles. The number of carbonyl (C=O) groups excluding carboxylic acids is 1. The molecular formula is C11H7BrINOS. The van der Waals surface area contributed by atoms with Gasteiger partial charge in [0, 0.05) is 26.7 Å². The molecule has 0 saturated carbocycles. The highest BCUT2D eigenvalue weighted by Gasteiger charge is 2.11. The lowest BCUT2D eigenvalue weighted by atomic mass is 10.1. The summed E-state index contributed by atoms with van der Waals surface area (Å²) >= 11 is 7.08. The Morgan fingerprint density at radius 1 is 1.31 bits per heavy atom. The number of hydrogen-bond donors (Lipinski definition) is 1. The van der Waals surface area contributed by atoms with Crippen molar-refractivity contribution in [3.63, 3.8) is 0 Å². The molecule has 2 nitrogen and oxygen atoms in total. The van der Waals surface area contributed by atoms with Crippen LogP contribution < -0.4 is 5.73 Å². The molecule has 0 aliphatic heterocycles. The van der Waals surface area contributed by atoms with Crippen molar-refractivity contribution < 1.29 is 4.79 Å². The van der Waals surface area contributed by atoms with Crippen LogP contribution in [0, 0.1) is 2.88 Å². The fourth-order valence-corrected chi connectivity index (χ4v) is 2.97. The molecule has 2 aromatic rings. The summed E-state index contributed by atoms with van der Waals surface area (Å²) in [5, 5.41) is 1.87. The average Bonchev–Trinajstić information content (AvgIpc) is 2.68. The summed E-state index contributed by atoms with van der Waals surface area (Å²) in [4.78, 5) is 12.1. The number of anilines is 1. The van der Waals surface area contributed by atoms with Crippen molar-refractivity contribution in [1.82, 2.24) is 0 Å². The number of halogens is 2. The number of benzene rings is 1.